The first-order valence-electron chi connectivity index (χ1n) is 5.68. The van der Waals surface area contributed by atoms with Crippen LogP contribution in [-0.2, 0) is 0 Å². The molecule has 0 saturated heterocycles. The Labute approximate surface area is 93.9 Å². The molecule has 84 valence electrons. The van der Waals surface area contributed by atoms with Crippen LogP contribution < -0.4 is 5.32 Å². The molecule has 2 aromatic rings. The number of nitrogens with zero attached hydrogens (tertiary/aromatic N) is 4. The Morgan fingerprint density at radius 2 is 2.31 bits per heavy atom. The van der Waals surface area contributed by atoms with Crippen molar-refractivity contribution in [2.45, 2.75) is 32.7 Å². The van der Waals surface area contributed by atoms with E-state index in [1.165, 1.54) is 19.2 Å². The highest BCUT2D eigenvalue weighted by Crippen LogP contribution is 2.33. The Morgan fingerprint density at radius 1 is 1.50 bits per heavy atom. The van der Waals surface area contributed by atoms with Crippen LogP contribution in [0.25, 0.3) is 5.78 Å². The third-order valence-electron chi connectivity index (χ3n) is 3.08. The molecule has 1 saturated carbocycles. The molecule has 1 atom stereocenters. The summed E-state index contributed by atoms with van der Waals surface area (Å²) in [6, 6.07) is 2.51. The van der Waals surface area contributed by atoms with Crippen LogP contribution >= 0.6 is 0 Å². The van der Waals surface area contributed by atoms with Gasteiger partial charge in [0.05, 0.1) is 0 Å². The topological polar surface area (TPSA) is 55.1 Å². The lowest BCUT2D eigenvalue weighted by molar-refractivity contribution is 0.684. The zero-order valence-electron chi connectivity index (χ0n) is 9.51. The lowest BCUT2D eigenvalue weighted by Gasteiger charge is -2.15. The van der Waals surface area contributed by atoms with Crippen molar-refractivity contribution in [3.8, 4) is 0 Å². The van der Waals surface area contributed by atoms with Crippen LogP contribution in [0.15, 0.2) is 12.4 Å². The van der Waals surface area contributed by atoms with E-state index >= 15 is 0 Å². The molecule has 16 heavy (non-hydrogen) atoms. The first-order chi connectivity index (χ1) is 7.74. The Balaban J connectivity index is 1.97. The number of aryl methyl sites for hydroxylation is 1. The second kappa shape index (κ2) is 3.43. The molecule has 5 nitrogen and oxygen atoms in total. The fourth-order valence-electron chi connectivity index (χ4n) is 1.98. The minimum atomic E-state index is 0.495. The van der Waals surface area contributed by atoms with E-state index in [2.05, 4.69) is 27.3 Å². The van der Waals surface area contributed by atoms with Gasteiger partial charge in [0.1, 0.15) is 12.1 Å². The SMILES string of the molecule is Cc1cc(NC(C)C2CC2)n2ncnc2n1. The summed E-state index contributed by atoms with van der Waals surface area (Å²) in [6.45, 7) is 4.19. The molecular weight excluding hydrogens is 202 g/mol. The zero-order chi connectivity index (χ0) is 11.1. The molecule has 0 radical (unpaired) electrons. The predicted molar refractivity (Wildman–Crippen MR) is 61.3 cm³/mol. The van der Waals surface area contributed by atoms with Crippen molar-refractivity contribution in [2.75, 3.05) is 5.32 Å². The van der Waals surface area contributed by atoms with Gasteiger partial charge in [0.2, 0.25) is 0 Å². The normalized spacial score (nSPS) is 17.6. The Hall–Kier alpha value is -1.65. The van der Waals surface area contributed by atoms with Crippen molar-refractivity contribution in [2.24, 2.45) is 5.92 Å². The molecule has 2 aromatic heterocycles. The summed E-state index contributed by atoms with van der Waals surface area (Å²) in [5.41, 5.74) is 0.964. The minimum Gasteiger partial charge on any atom is -0.367 e. The number of hydrogen-bond donors (Lipinski definition) is 1. The summed E-state index contributed by atoms with van der Waals surface area (Å²) >= 11 is 0. The molecule has 1 aliphatic rings. The van der Waals surface area contributed by atoms with Gasteiger partial charge in [0, 0.05) is 17.8 Å². The van der Waals surface area contributed by atoms with Gasteiger partial charge in [0.25, 0.3) is 5.78 Å². The molecule has 0 bridgehead atoms. The molecule has 0 spiro atoms. The fourth-order valence-corrected chi connectivity index (χ4v) is 1.98. The van der Waals surface area contributed by atoms with E-state index in [1.54, 1.807) is 4.52 Å². The molecule has 0 aliphatic heterocycles. The van der Waals surface area contributed by atoms with Crippen molar-refractivity contribution in [3.63, 3.8) is 0 Å². The second-order valence-corrected chi connectivity index (χ2v) is 4.53. The van der Waals surface area contributed by atoms with Crippen LogP contribution in [0.3, 0.4) is 0 Å². The Morgan fingerprint density at radius 3 is 3.06 bits per heavy atom. The second-order valence-electron chi connectivity index (χ2n) is 4.53. The van der Waals surface area contributed by atoms with Crippen LogP contribution in [0.1, 0.15) is 25.5 Å². The maximum Gasteiger partial charge on any atom is 0.254 e. The molecule has 5 heteroatoms. The summed E-state index contributed by atoms with van der Waals surface area (Å²) < 4.78 is 1.76. The number of anilines is 1. The van der Waals surface area contributed by atoms with Crippen molar-refractivity contribution in [1.82, 2.24) is 19.6 Å². The highest BCUT2D eigenvalue weighted by atomic mass is 15.4. The van der Waals surface area contributed by atoms with Crippen molar-refractivity contribution in [1.29, 1.82) is 0 Å². The summed E-state index contributed by atoms with van der Waals surface area (Å²) in [5, 5.41) is 7.67. The number of aromatic nitrogens is 4. The summed E-state index contributed by atoms with van der Waals surface area (Å²) in [4.78, 5) is 8.42. The molecule has 0 amide bonds. The summed E-state index contributed by atoms with van der Waals surface area (Å²) in [7, 11) is 0. The van der Waals surface area contributed by atoms with E-state index in [9.17, 15) is 0 Å². The number of fused-ring (bicyclic) bond motifs is 1. The van der Waals surface area contributed by atoms with E-state index in [4.69, 9.17) is 0 Å². The van der Waals surface area contributed by atoms with Crippen LogP contribution in [0.4, 0.5) is 5.82 Å². The van der Waals surface area contributed by atoms with Crippen LogP contribution in [0.5, 0.6) is 0 Å². The number of hydrogen-bond acceptors (Lipinski definition) is 4. The average molecular weight is 217 g/mol. The first kappa shape index (κ1) is 9.57. The van der Waals surface area contributed by atoms with E-state index in [0.29, 0.717) is 11.8 Å². The third kappa shape index (κ3) is 1.62. The standard InChI is InChI=1S/C11H15N5/c1-7-5-10(15-8(2)9-3-4-9)16-11(14-7)12-6-13-16/h5-6,8-9,15H,3-4H2,1-2H3. The average Bonchev–Trinajstić information content (AvgIpc) is 2.98. The Kier molecular flexibility index (Phi) is 2.05. The van der Waals surface area contributed by atoms with Crippen LogP contribution in [-0.4, -0.2) is 25.6 Å². The predicted octanol–water partition coefficient (Wildman–Crippen LogP) is 1.64. The van der Waals surface area contributed by atoms with Gasteiger partial charge in [-0.3, -0.25) is 0 Å². The number of nitrogens with one attached hydrogen (secondary N) is 1. The fraction of sp³-hybridized carbons (Fsp3) is 0.545. The van der Waals surface area contributed by atoms with E-state index in [-0.39, 0.29) is 0 Å². The molecule has 0 aromatic carbocycles. The highest BCUT2D eigenvalue weighted by Gasteiger charge is 2.28. The van der Waals surface area contributed by atoms with Crippen molar-refractivity contribution >= 4 is 11.6 Å². The van der Waals surface area contributed by atoms with Gasteiger partial charge >= 0.3 is 0 Å². The van der Waals surface area contributed by atoms with Crippen LogP contribution in [0, 0.1) is 12.8 Å². The smallest absolute Gasteiger partial charge is 0.254 e. The first-order valence-corrected chi connectivity index (χ1v) is 5.68. The molecule has 1 fully saturated rings. The molecular formula is C11H15N5. The molecule has 3 rings (SSSR count). The molecule has 1 aliphatic carbocycles. The maximum absolute atomic E-state index is 4.31. The Bertz CT molecular complexity index is 514. The monoisotopic (exact) mass is 217 g/mol. The van der Waals surface area contributed by atoms with Gasteiger partial charge in [-0.15, -0.1) is 0 Å². The quantitative estimate of drug-likeness (QED) is 0.849. The van der Waals surface area contributed by atoms with Gasteiger partial charge in [-0.05, 0) is 32.6 Å². The molecule has 1 N–H and O–H groups in total. The lowest BCUT2D eigenvalue weighted by Crippen LogP contribution is -2.19. The van der Waals surface area contributed by atoms with Gasteiger partial charge in [0.15, 0.2) is 0 Å². The number of rotatable bonds is 3. The van der Waals surface area contributed by atoms with E-state index < -0.39 is 0 Å². The van der Waals surface area contributed by atoms with Crippen molar-refractivity contribution in [3.05, 3.63) is 18.1 Å². The van der Waals surface area contributed by atoms with E-state index in [1.807, 2.05) is 13.0 Å². The lowest BCUT2D eigenvalue weighted by atomic mass is 10.2. The highest BCUT2D eigenvalue weighted by molar-refractivity contribution is 5.45. The van der Waals surface area contributed by atoms with Gasteiger partial charge in [-0.1, -0.05) is 0 Å². The molecule has 2 heterocycles. The summed E-state index contributed by atoms with van der Waals surface area (Å²) in [6.07, 6.45) is 4.20. The largest absolute Gasteiger partial charge is 0.367 e. The third-order valence-corrected chi connectivity index (χ3v) is 3.08. The van der Waals surface area contributed by atoms with Crippen LogP contribution in [0.2, 0.25) is 0 Å². The molecule has 1 unspecified atom stereocenters. The van der Waals surface area contributed by atoms with Gasteiger partial charge in [-0.2, -0.15) is 14.6 Å². The van der Waals surface area contributed by atoms with Crippen molar-refractivity contribution < 1.29 is 0 Å². The zero-order valence-corrected chi connectivity index (χ0v) is 9.51. The van der Waals surface area contributed by atoms with Gasteiger partial charge in [-0.25, -0.2) is 4.98 Å². The minimum absolute atomic E-state index is 0.495. The van der Waals surface area contributed by atoms with E-state index in [0.717, 1.165) is 17.4 Å². The summed E-state index contributed by atoms with van der Waals surface area (Å²) in [5.74, 6) is 2.46. The maximum atomic E-state index is 4.31. The van der Waals surface area contributed by atoms with Gasteiger partial charge < -0.3 is 5.32 Å².